The maximum atomic E-state index is 6.12. The van der Waals surface area contributed by atoms with Gasteiger partial charge in [-0.3, -0.25) is 4.99 Å². The van der Waals surface area contributed by atoms with Crippen molar-refractivity contribution in [1.29, 1.82) is 0 Å². The molecule has 0 aromatic heterocycles. The number of hydrogen-bond acceptors (Lipinski definition) is 1. The lowest BCUT2D eigenvalue weighted by Crippen LogP contribution is -2.23. The van der Waals surface area contributed by atoms with Gasteiger partial charge in [0.25, 0.3) is 0 Å². The third kappa shape index (κ3) is 3.89. The van der Waals surface area contributed by atoms with Crippen LogP contribution in [0.3, 0.4) is 0 Å². The van der Waals surface area contributed by atoms with Gasteiger partial charge in [0.2, 0.25) is 0 Å². The molecule has 17 heavy (non-hydrogen) atoms. The molecule has 1 saturated carbocycles. The van der Waals surface area contributed by atoms with E-state index in [2.05, 4.69) is 4.99 Å². The van der Waals surface area contributed by atoms with E-state index in [9.17, 15) is 0 Å². The summed E-state index contributed by atoms with van der Waals surface area (Å²) < 4.78 is 0. The molecule has 1 fully saturated rings. The molecule has 1 aliphatic carbocycles. The van der Waals surface area contributed by atoms with Gasteiger partial charge in [-0.05, 0) is 36.0 Å². The van der Waals surface area contributed by atoms with Crippen molar-refractivity contribution < 1.29 is 0 Å². The van der Waals surface area contributed by atoms with Crippen molar-refractivity contribution in [2.24, 2.45) is 22.4 Å². The first-order chi connectivity index (χ1) is 7.58. The van der Waals surface area contributed by atoms with E-state index in [4.69, 9.17) is 34.7 Å². The summed E-state index contributed by atoms with van der Waals surface area (Å²) in [5.74, 6) is 1.11. The number of rotatable bonds is 3. The van der Waals surface area contributed by atoms with Gasteiger partial charge in [-0.2, -0.15) is 0 Å². The first kappa shape index (κ1) is 14.9. The molecule has 1 aliphatic rings. The van der Waals surface area contributed by atoms with E-state index in [1.165, 1.54) is 0 Å². The van der Waals surface area contributed by atoms with E-state index in [-0.39, 0.29) is 29.9 Å². The van der Waals surface area contributed by atoms with Crippen LogP contribution >= 0.6 is 47.2 Å². The molecule has 2 unspecified atom stereocenters. The van der Waals surface area contributed by atoms with Gasteiger partial charge in [-0.25, -0.2) is 0 Å². The van der Waals surface area contributed by atoms with Crippen LogP contribution in [0.15, 0.2) is 23.2 Å². The van der Waals surface area contributed by atoms with E-state index >= 15 is 0 Å². The third-order valence-electron chi connectivity index (χ3n) is 2.79. The van der Waals surface area contributed by atoms with E-state index in [1.807, 2.05) is 12.1 Å². The minimum Gasteiger partial charge on any atom is -0.370 e. The summed E-state index contributed by atoms with van der Waals surface area (Å²) in [7, 11) is 0. The molecule has 0 radical (unpaired) electrons. The second kappa shape index (κ2) is 6.11. The van der Waals surface area contributed by atoms with Crippen LogP contribution in [0.4, 0.5) is 0 Å². The highest BCUT2D eigenvalue weighted by Crippen LogP contribution is 2.49. The van der Waals surface area contributed by atoms with Crippen LogP contribution in [0, 0.1) is 5.92 Å². The molecular weight excluding hydrogens is 372 g/mol. The molecule has 3 nitrogen and oxygen atoms in total. The Kier molecular flexibility index (Phi) is 5.34. The zero-order valence-corrected chi connectivity index (χ0v) is 12.9. The van der Waals surface area contributed by atoms with Gasteiger partial charge in [-0.1, -0.05) is 29.3 Å². The minimum atomic E-state index is 0. The van der Waals surface area contributed by atoms with Gasteiger partial charge in [-0.15, -0.1) is 24.0 Å². The SMILES string of the molecule is I.NC(N)=NCC1CC1c1ccc(Cl)cc1Cl. The van der Waals surface area contributed by atoms with Crippen molar-refractivity contribution in [2.75, 3.05) is 6.54 Å². The summed E-state index contributed by atoms with van der Waals surface area (Å²) in [5.41, 5.74) is 11.7. The van der Waals surface area contributed by atoms with Crippen LogP contribution < -0.4 is 11.5 Å². The van der Waals surface area contributed by atoms with Crippen molar-refractivity contribution in [1.82, 2.24) is 0 Å². The first-order valence-electron chi connectivity index (χ1n) is 5.08. The Morgan fingerprint density at radius 2 is 2.06 bits per heavy atom. The normalized spacial score (nSPS) is 21.5. The van der Waals surface area contributed by atoms with Gasteiger partial charge >= 0.3 is 0 Å². The van der Waals surface area contributed by atoms with Gasteiger partial charge in [0.05, 0.1) is 0 Å². The molecule has 0 aliphatic heterocycles. The number of guanidine groups is 1. The van der Waals surface area contributed by atoms with Crippen LogP contribution in [0.2, 0.25) is 10.0 Å². The van der Waals surface area contributed by atoms with E-state index in [1.54, 1.807) is 6.07 Å². The zero-order chi connectivity index (χ0) is 11.7. The molecule has 94 valence electrons. The largest absolute Gasteiger partial charge is 0.370 e. The quantitative estimate of drug-likeness (QED) is 0.477. The van der Waals surface area contributed by atoms with Crippen molar-refractivity contribution in [3.63, 3.8) is 0 Å². The van der Waals surface area contributed by atoms with E-state index in [0.29, 0.717) is 23.4 Å². The molecule has 4 N–H and O–H groups in total. The Morgan fingerprint density at radius 1 is 1.35 bits per heavy atom. The summed E-state index contributed by atoms with van der Waals surface area (Å²) in [6, 6.07) is 5.61. The molecule has 1 aromatic rings. The first-order valence-corrected chi connectivity index (χ1v) is 5.84. The van der Waals surface area contributed by atoms with Crippen LogP contribution in [0.1, 0.15) is 17.9 Å². The van der Waals surface area contributed by atoms with E-state index < -0.39 is 0 Å². The summed E-state index contributed by atoms with van der Waals surface area (Å²) in [6.45, 7) is 0.673. The third-order valence-corrected chi connectivity index (χ3v) is 3.36. The Morgan fingerprint density at radius 3 is 2.65 bits per heavy atom. The number of benzene rings is 1. The lowest BCUT2D eigenvalue weighted by Gasteiger charge is -2.03. The highest BCUT2D eigenvalue weighted by Gasteiger charge is 2.39. The van der Waals surface area contributed by atoms with Crippen LogP contribution in [0.25, 0.3) is 0 Å². The summed E-state index contributed by atoms with van der Waals surface area (Å²) in [5, 5.41) is 1.39. The monoisotopic (exact) mass is 385 g/mol. The Hall–Kier alpha value is -0.200. The fourth-order valence-corrected chi connectivity index (χ4v) is 2.40. The van der Waals surface area contributed by atoms with Crippen molar-refractivity contribution in [3.05, 3.63) is 33.8 Å². The molecule has 6 heteroatoms. The highest BCUT2D eigenvalue weighted by atomic mass is 127. The van der Waals surface area contributed by atoms with Gasteiger partial charge in [0, 0.05) is 16.6 Å². The summed E-state index contributed by atoms with van der Waals surface area (Å²) >= 11 is 12.0. The Balaban J connectivity index is 0.00000144. The molecule has 2 rings (SSSR count). The number of nitrogens with two attached hydrogens (primary N) is 2. The molecule has 0 heterocycles. The Labute approximate surface area is 128 Å². The smallest absolute Gasteiger partial charge is 0.185 e. The number of hydrogen-bond donors (Lipinski definition) is 2. The minimum absolute atomic E-state index is 0. The molecule has 0 saturated heterocycles. The molecule has 0 spiro atoms. The van der Waals surface area contributed by atoms with Crippen molar-refractivity contribution in [2.45, 2.75) is 12.3 Å². The van der Waals surface area contributed by atoms with Gasteiger partial charge in [0.15, 0.2) is 5.96 Å². The predicted octanol–water partition coefficient (Wildman–Crippen LogP) is 2.99. The number of halogens is 3. The highest BCUT2D eigenvalue weighted by molar-refractivity contribution is 14.0. The van der Waals surface area contributed by atoms with Crippen LogP contribution in [-0.2, 0) is 0 Å². The van der Waals surface area contributed by atoms with Gasteiger partial charge in [0.1, 0.15) is 0 Å². The molecule has 1 aromatic carbocycles. The summed E-state index contributed by atoms with van der Waals surface area (Å²) in [6.07, 6.45) is 1.08. The maximum Gasteiger partial charge on any atom is 0.185 e. The molecule has 0 bridgehead atoms. The fraction of sp³-hybridized carbons (Fsp3) is 0.364. The van der Waals surface area contributed by atoms with Crippen LogP contribution in [0.5, 0.6) is 0 Å². The number of nitrogens with zero attached hydrogens (tertiary/aromatic N) is 1. The zero-order valence-electron chi connectivity index (χ0n) is 9.07. The molecular formula is C11H14Cl2IN3. The standard InChI is InChI=1S/C11H13Cl2N3.HI/c12-7-1-2-8(10(13)4-7)9-3-6(9)5-16-11(14)15;/h1-2,4,6,9H,3,5H2,(H4,14,15,16);1H. The number of aliphatic imine (C=N–C) groups is 1. The van der Waals surface area contributed by atoms with E-state index in [0.717, 1.165) is 17.0 Å². The van der Waals surface area contributed by atoms with Crippen LogP contribution in [-0.4, -0.2) is 12.5 Å². The lowest BCUT2D eigenvalue weighted by atomic mass is 10.1. The summed E-state index contributed by atoms with van der Waals surface area (Å²) in [4.78, 5) is 4.01. The van der Waals surface area contributed by atoms with Crippen molar-refractivity contribution in [3.8, 4) is 0 Å². The average Bonchev–Trinajstić information content (AvgIpc) is 2.94. The second-order valence-electron chi connectivity index (χ2n) is 4.03. The fourth-order valence-electron chi connectivity index (χ4n) is 1.86. The lowest BCUT2D eigenvalue weighted by molar-refractivity contribution is 0.808. The van der Waals surface area contributed by atoms with Gasteiger partial charge < -0.3 is 11.5 Å². The topological polar surface area (TPSA) is 64.4 Å². The van der Waals surface area contributed by atoms with Crippen molar-refractivity contribution >= 4 is 53.1 Å². The molecule has 0 amide bonds. The maximum absolute atomic E-state index is 6.12. The average molecular weight is 386 g/mol. The Bertz CT molecular complexity index is 433. The molecule has 2 atom stereocenters. The predicted molar refractivity (Wildman–Crippen MR) is 83.4 cm³/mol. The second-order valence-corrected chi connectivity index (χ2v) is 4.88.